The SMILES string of the molecule is O=C(Nc1ncnc2c1c(F)cn2[C@H]1C[C@H](O)[C@@H](CO)O1)c1ccccc1. The molecule has 1 aliphatic heterocycles. The molecule has 27 heavy (non-hydrogen) atoms. The molecule has 0 bridgehead atoms. The van der Waals surface area contributed by atoms with Crippen molar-refractivity contribution in [3.63, 3.8) is 0 Å². The molecule has 3 N–H and O–H groups in total. The van der Waals surface area contributed by atoms with Gasteiger partial charge in [0.25, 0.3) is 5.91 Å². The van der Waals surface area contributed by atoms with E-state index in [1.54, 1.807) is 30.3 Å². The minimum absolute atomic E-state index is 0.0438. The number of hydrogen-bond acceptors (Lipinski definition) is 6. The quantitative estimate of drug-likeness (QED) is 0.640. The van der Waals surface area contributed by atoms with Crippen molar-refractivity contribution in [3.8, 4) is 0 Å². The Hall–Kier alpha value is -2.88. The van der Waals surface area contributed by atoms with Crippen LogP contribution in [0.3, 0.4) is 0 Å². The molecule has 1 aromatic carbocycles. The lowest BCUT2D eigenvalue weighted by atomic mass is 10.2. The normalized spacial score (nSPS) is 22.3. The van der Waals surface area contributed by atoms with Crippen molar-refractivity contribution < 1.29 is 24.1 Å². The molecule has 1 fully saturated rings. The van der Waals surface area contributed by atoms with Gasteiger partial charge in [0.05, 0.1) is 18.1 Å². The Labute approximate surface area is 153 Å². The Morgan fingerprint density at radius 1 is 1.33 bits per heavy atom. The molecular formula is C18H17FN4O4. The lowest BCUT2D eigenvalue weighted by Gasteiger charge is -2.14. The zero-order valence-corrected chi connectivity index (χ0v) is 14.1. The maximum Gasteiger partial charge on any atom is 0.256 e. The number of hydrogen-bond donors (Lipinski definition) is 3. The van der Waals surface area contributed by atoms with E-state index < -0.39 is 30.2 Å². The summed E-state index contributed by atoms with van der Waals surface area (Å²) in [6, 6.07) is 8.51. The summed E-state index contributed by atoms with van der Waals surface area (Å²) in [5, 5.41) is 21.8. The molecule has 8 nitrogen and oxygen atoms in total. The molecule has 0 spiro atoms. The van der Waals surface area contributed by atoms with Gasteiger partial charge in [0.2, 0.25) is 0 Å². The van der Waals surface area contributed by atoms with E-state index in [0.29, 0.717) is 5.56 Å². The number of aromatic nitrogens is 3. The average Bonchev–Trinajstić information content (AvgIpc) is 3.23. The highest BCUT2D eigenvalue weighted by Gasteiger charge is 2.35. The Bertz CT molecular complexity index is 978. The highest BCUT2D eigenvalue weighted by atomic mass is 19.1. The van der Waals surface area contributed by atoms with E-state index in [2.05, 4.69) is 15.3 Å². The highest BCUT2D eigenvalue weighted by Crippen LogP contribution is 2.34. The third kappa shape index (κ3) is 3.16. The van der Waals surface area contributed by atoms with Crippen LogP contribution >= 0.6 is 0 Å². The van der Waals surface area contributed by atoms with E-state index in [-0.39, 0.29) is 29.9 Å². The summed E-state index contributed by atoms with van der Waals surface area (Å²) in [6.07, 6.45) is 0.304. The van der Waals surface area contributed by atoms with Crippen molar-refractivity contribution in [2.75, 3.05) is 11.9 Å². The average molecular weight is 372 g/mol. The predicted molar refractivity (Wildman–Crippen MR) is 93.5 cm³/mol. The van der Waals surface area contributed by atoms with Gasteiger partial charge in [0.1, 0.15) is 24.5 Å². The monoisotopic (exact) mass is 372 g/mol. The topological polar surface area (TPSA) is 110 Å². The van der Waals surface area contributed by atoms with Crippen LogP contribution in [0.15, 0.2) is 42.9 Å². The van der Waals surface area contributed by atoms with E-state index >= 15 is 0 Å². The van der Waals surface area contributed by atoms with Crippen LogP contribution in [0.5, 0.6) is 0 Å². The zero-order valence-electron chi connectivity index (χ0n) is 14.1. The molecule has 1 aliphatic rings. The number of fused-ring (bicyclic) bond motifs is 1. The van der Waals surface area contributed by atoms with Crippen molar-refractivity contribution in [1.29, 1.82) is 0 Å². The molecule has 0 aliphatic carbocycles. The fourth-order valence-corrected chi connectivity index (χ4v) is 3.17. The number of rotatable bonds is 4. The summed E-state index contributed by atoms with van der Waals surface area (Å²) in [7, 11) is 0. The van der Waals surface area contributed by atoms with E-state index in [9.17, 15) is 19.4 Å². The minimum atomic E-state index is -0.861. The summed E-state index contributed by atoms with van der Waals surface area (Å²) in [5.41, 5.74) is 0.638. The maximum absolute atomic E-state index is 14.6. The molecule has 4 rings (SSSR count). The van der Waals surface area contributed by atoms with Crippen molar-refractivity contribution in [2.24, 2.45) is 0 Å². The molecule has 3 aromatic rings. The predicted octanol–water partition coefficient (Wildman–Crippen LogP) is 1.46. The van der Waals surface area contributed by atoms with Crippen molar-refractivity contribution in [1.82, 2.24) is 14.5 Å². The van der Waals surface area contributed by atoms with Crippen LogP contribution in [0.25, 0.3) is 11.0 Å². The summed E-state index contributed by atoms with van der Waals surface area (Å²) in [6.45, 7) is -0.341. The number of halogens is 1. The molecule has 2 aromatic heterocycles. The number of nitrogens with zero attached hydrogens (tertiary/aromatic N) is 3. The standard InChI is InChI=1S/C18H17FN4O4/c19-11-7-23(14-6-12(25)13(8-24)27-14)17-15(11)16(20-9-21-17)22-18(26)10-4-2-1-3-5-10/h1-5,7,9,12-14,24-25H,6,8H2,(H,20,21,22,26)/t12-,13+,14+/m0/s1. The number of aliphatic hydroxyl groups is 2. The smallest absolute Gasteiger partial charge is 0.256 e. The van der Waals surface area contributed by atoms with Gasteiger partial charge in [-0.2, -0.15) is 0 Å². The Morgan fingerprint density at radius 3 is 2.81 bits per heavy atom. The first kappa shape index (κ1) is 17.5. The van der Waals surface area contributed by atoms with Crippen LogP contribution in [0.1, 0.15) is 23.0 Å². The molecule has 0 radical (unpaired) electrons. The van der Waals surface area contributed by atoms with Crippen molar-refractivity contribution in [3.05, 3.63) is 54.2 Å². The molecule has 3 heterocycles. The van der Waals surface area contributed by atoms with Gasteiger partial charge in [-0.3, -0.25) is 4.79 Å². The van der Waals surface area contributed by atoms with Gasteiger partial charge >= 0.3 is 0 Å². The lowest BCUT2D eigenvalue weighted by Crippen LogP contribution is -2.24. The molecule has 0 saturated carbocycles. The number of amides is 1. The van der Waals surface area contributed by atoms with Crippen molar-refractivity contribution >= 4 is 22.8 Å². The Morgan fingerprint density at radius 2 is 2.11 bits per heavy atom. The molecule has 1 saturated heterocycles. The molecule has 9 heteroatoms. The second-order valence-electron chi connectivity index (χ2n) is 6.24. The molecule has 140 valence electrons. The minimum Gasteiger partial charge on any atom is -0.394 e. The maximum atomic E-state index is 14.6. The number of carbonyl (C=O) groups is 1. The fraction of sp³-hybridized carbons (Fsp3) is 0.278. The molecular weight excluding hydrogens is 355 g/mol. The molecule has 3 atom stereocenters. The number of benzene rings is 1. The summed E-state index contributed by atoms with van der Waals surface area (Å²) >= 11 is 0. The van der Waals surface area contributed by atoms with Crippen molar-refractivity contribution in [2.45, 2.75) is 24.9 Å². The van der Waals surface area contributed by atoms with Gasteiger partial charge in [-0.1, -0.05) is 18.2 Å². The summed E-state index contributed by atoms with van der Waals surface area (Å²) < 4.78 is 21.6. The molecule has 0 unspecified atom stereocenters. The number of ether oxygens (including phenoxy) is 1. The largest absolute Gasteiger partial charge is 0.394 e. The molecule has 1 amide bonds. The highest BCUT2D eigenvalue weighted by molar-refractivity contribution is 6.07. The first-order valence-corrected chi connectivity index (χ1v) is 8.40. The Balaban J connectivity index is 1.68. The van der Waals surface area contributed by atoms with E-state index in [0.717, 1.165) is 0 Å². The lowest BCUT2D eigenvalue weighted by molar-refractivity contribution is -0.0431. The van der Waals surface area contributed by atoms with Crippen LogP contribution in [0, 0.1) is 5.82 Å². The van der Waals surface area contributed by atoms with Crippen LogP contribution in [0.4, 0.5) is 10.2 Å². The number of aliphatic hydroxyl groups excluding tert-OH is 2. The fourth-order valence-electron chi connectivity index (χ4n) is 3.17. The summed E-state index contributed by atoms with van der Waals surface area (Å²) in [5.74, 6) is -1.00. The third-order valence-corrected chi connectivity index (χ3v) is 4.53. The van der Waals surface area contributed by atoms with Gasteiger partial charge in [-0.25, -0.2) is 14.4 Å². The third-order valence-electron chi connectivity index (χ3n) is 4.53. The van der Waals surface area contributed by atoms with E-state index in [1.807, 2.05) is 0 Å². The van der Waals surface area contributed by atoms with E-state index in [4.69, 9.17) is 4.74 Å². The van der Waals surface area contributed by atoms with Gasteiger partial charge < -0.3 is 24.8 Å². The second kappa shape index (κ2) is 7.03. The van der Waals surface area contributed by atoms with Crippen LogP contribution < -0.4 is 5.32 Å². The summed E-state index contributed by atoms with van der Waals surface area (Å²) in [4.78, 5) is 20.5. The Kier molecular flexibility index (Phi) is 4.56. The van der Waals surface area contributed by atoms with E-state index in [1.165, 1.54) is 17.1 Å². The number of carbonyl (C=O) groups excluding carboxylic acids is 1. The van der Waals surface area contributed by atoms with Gasteiger partial charge in [-0.05, 0) is 12.1 Å². The van der Waals surface area contributed by atoms with Gasteiger partial charge in [0, 0.05) is 18.2 Å². The zero-order chi connectivity index (χ0) is 19.0. The number of nitrogens with one attached hydrogen (secondary N) is 1. The van der Waals surface area contributed by atoms with Gasteiger partial charge in [0.15, 0.2) is 11.5 Å². The van der Waals surface area contributed by atoms with Crippen LogP contribution in [-0.2, 0) is 4.74 Å². The second-order valence-corrected chi connectivity index (χ2v) is 6.24. The van der Waals surface area contributed by atoms with Gasteiger partial charge in [-0.15, -0.1) is 0 Å². The van der Waals surface area contributed by atoms with Crippen LogP contribution in [-0.4, -0.2) is 49.5 Å². The van der Waals surface area contributed by atoms with Crippen LogP contribution in [0.2, 0.25) is 0 Å². The first-order valence-electron chi connectivity index (χ1n) is 8.40. The first-order chi connectivity index (χ1) is 13.1. The number of anilines is 1.